The van der Waals surface area contributed by atoms with Crippen molar-refractivity contribution in [1.82, 2.24) is 25.3 Å². The van der Waals surface area contributed by atoms with Crippen LogP contribution >= 0.6 is 0 Å². The van der Waals surface area contributed by atoms with Crippen molar-refractivity contribution in [3.8, 4) is 0 Å². The highest BCUT2D eigenvalue weighted by atomic mass is 16.2. The van der Waals surface area contributed by atoms with Crippen molar-refractivity contribution in [3.05, 3.63) is 17.5 Å². The number of rotatable bonds is 4. The Morgan fingerprint density at radius 2 is 2.00 bits per heavy atom. The van der Waals surface area contributed by atoms with Crippen LogP contribution in [0.5, 0.6) is 0 Å². The van der Waals surface area contributed by atoms with E-state index < -0.39 is 0 Å². The Hall–Kier alpha value is -1.89. The Morgan fingerprint density at radius 3 is 2.57 bits per heavy atom. The minimum Gasteiger partial charge on any atom is -0.352 e. The van der Waals surface area contributed by atoms with Gasteiger partial charge in [0.15, 0.2) is 0 Å². The van der Waals surface area contributed by atoms with Crippen LogP contribution in [0, 0.1) is 6.92 Å². The number of aromatic nitrogens is 2. The van der Waals surface area contributed by atoms with Gasteiger partial charge in [-0.2, -0.15) is 5.10 Å². The maximum atomic E-state index is 12.0. The number of aryl methyl sites for hydroxylation is 2. The van der Waals surface area contributed by atoms with Crippen molar-refractivity contribution >= 4 is 11.8 Å². The number of hydrogen-bond acceptors (Lipinski definition) is 4. The van der Waals surface area contributed by atoms with Crippen LogP contribution in [0.2, 0.25) is 0 Å². The molecule has 0 aliphatic carbocycles. The lowest BCUT2D eigenvalue weighted by molar-refractivity contribution is -0.121. The molecule has 1 aliphatic heterocycles. The van der Waals surface area contributed by atoms with E-state index in [0.29, 0.717) is 5.69 Å². The van der Waals surface area contributed by atoms with Gasteiger partial charge in [-0.1, -0.05) is 0 Å². The molecule has 0 atom stereocenters. The molecule has 21 heavy (non-hydrogen) atoms. The Labute approximate surface area is 124 Å². The molecule has 0 unspecified atom stereocenters. The molecule has 0 spiro atoms. The van der Waals surface area contributed by atoms with Gasteiger partial charge in [0.25, 0.3) is 5.91 Å². The number of carbonyl (C=O) groups is 2. The Bertz CT molecular complexity index is 517. The molecule has 2 amide bonds. The van der Waals surface area contributed by atoms with Crippen LogP contribution < -0.4 is 10.6 Å². The van der Waals surface area contributed by atoms with Crippen LogP contribution in [-0.2, 0) is 11.8 Å². The van der Waals surface area contributed by atoms with E-state index in [-0.39, 0.29) is 24.4 Å². The summed E-state index contributed by atoms with van der Waals surface area (Å²) in [4.78, 5) is 26.1. The first kappa shape index (κ1) is 15.5. The van der Waals surface area contributed by atoms with Gasteiger partial charge in [0.2, 0.25) is 5.91 Å². The molecule has 116 valence electrons. The monoisotopic (exact) mass is 293 g/mol. The zero-order chi connectivity index (χ0) is 15.4. The lowest BCUT2D eigenvalue weighted by atomic mass is 10.1. The average Bonchev–Trinajstić information content (AvgIpc) is 2.78. The number of likely N-dealkylation sites (tertiary alicyclic amines) is 1. The average molecular weight is 293 g/mol. The number of amides is 2. The second-order valence-electron chi connectivity index (χ2n) is 5.62. The lowest BCUT2D eigenvalue weighted by Crippen LogP contribution is -2.46. The number of hydrogen-bond donors (Lipinski definition) is 2. The highest BCUT2D eigenvalue weighted by Gasteiger charge is 2.19. The summed E-state index contributed by atoms with van der Waals surface area (Å²) in [7, 11) is 3.79. The summed E-state index contributed by atoms with van der Waals surface area (Å²) >= 11 is 0. The number of nitrogens with one attached hydrogen (secondary N) is 2. The van der Waals surface area contributed by atoms with Crippen molar-refractivity contribution in [2.45, 2.75) is 25.8 Å². The van der Waals surface area contributed by atoms with Crippen LogP contribution in [0.3, 0.4) is 0 Å². The third-order valence-electron chi connectivity index (χ3n) is 3.73. The molecule has 1 saturated heterocycles. The van der Waals surface area contributed by atoms with Crippen molar-refractivity contribution < 1.29 is 9.59 Å². The summed E-state index contributed by atoms with van der Waals surface area (Å²) in [5.41, 5.74) is 1.23. The van der Waals surface area contributed by atoms with Crippen LogP contribution in [0.4, 0.5) is 0 Å². The van der Waals surface area contributed by atoms with Gasteiger partial charge >= 0.3 is 0 Å². The molecule has 1 aromatic heterocycles. The predicted octanol–water partition coefficient (Wildman–Crippen LogP) is -0.331. The van der Waals surface area contributed by atoms with E-state index >= 15 is 0 Å². The van der Waals surface area contributed by atoms with E-state index in [1.807, 2.05) is 6.92 Å². The van der Waals surface area contributed by atoms with Gasteiger partial charge in [-0.05, 0) is 46.0 Å². The van der Waals surface area contributed by atoms with Crippen LogP contribution in [0.15, 0.2) is 6.07 Å². The first-order valence-electron chi connectivity index (χ1n) is 7.22. The largest absolute Gasteiger partial charge is 0.352 e. The van der Waals surface area contributed by atoms with E-state index in [4.69, 9.17) is 0 Å². The Balaban J connectivity index is 1.76. The number of carbonyl (C=O) groups excluding carboxylic acids is 2. The van der Waals surface area contributed by atoms with Gasteiger partial charge in [0.1, 0.15) is 5.69 Å². The topological polar surface area (TPSA) is 79.3 Å². The fraction of sp³-hybridized carbons (Fsp3) is 0.643. The van der Waals surface area contributed by atoms with Crippen LogP contribution in [0.1, 0.15) is 29.0 Å². The van der Waals surface area contributed by atoms with Crippen molar-refractivity contribution in [2.24, 2.45) is 7.05 Å². The fourth-order valence-corrected chi connectivity index (χ4v) is 2.51. The maximum Gasteiger partial charge on any atom is 0.269 e. The number of piperidine rings is 1. The van der Waals surface area contributed by atoms with Crippen LogP contribution in [-0.4, -0.2) is 59.2 Å². The minimum absolute atomic E-state index is 0.00456. The summed E-state index contributed by atoms with van der Waals surface area (Å²) in [6, 6.07) is 1.91. The highest BCUT2D eigenvalue weighted by Crippen LogP contribution is 2.07. The molecule has 1 fully saturated rings. The third kappa shape index (κ3) is 4.29. The van der Waals surface area contributed by atoms with Crippen molar-refractivity contribution in [3.63, 3.8) is 0 Å². The smallest absolute Gasteiger partial charge is 0.269 e. The molecule has 7 nitrogen and oxygen atoms in total. The summed E-state index contributed by atoms with van der Waals surface area (Å²) in [6.07, 6.45) is 1.91. The molecular weight excluding hydrogens is 270 g/mol. The summed E-state index contributed by atoms with van der Waals surface area (Å²) in [6.45, 7) is 3.80. The predicted molar refractivity (Wildman–Crippen MR) is 78.9 cm³/mol. The summed E-state index contributed by atoms with van der Waals surface area (Å²) in [5, 5.41) is 9.70. The quantitative estimate of drug-likeness (QED) is 0.796. The normalized spacial score (nSPS) is 16.7. The lowest BCUT2D eigenvalue weighted by Gasteiger charge is -2.29. The molecule has 2 heterocycles. The van der Waals surface area contributed by atoms with E-state index in [1.165, 1.54) is 4.68 Å². The van der Waals surface area contributed by atoms with Gasteiger partial charge in [-0.25, -0.2) is 0 Å². The zero-order valence-corrected chi connectivity index (χ0v) is 12.8. The molecule has 2 N–H and O–H groups in total. The number of nitrogens with zero attached hydrogens (tertiary/aromatic N) is 3. The Morgan fingerprint density at radius 1 is 1.33 bits per heavy atom. The first-order valence-corrected chi connectivity index (χ1v) is 7.22. The van der Waals surface area contributed by atoms with E-state index in [1.54, 1.807) is 13.1 Å². The molecule has 2 rings (SSSR count). The molecule has 0 bridgehead atoms. The van der Waals surface area contributed by atoms with Gasteiger partial charge in [-0.15, -0.1) is 0 Å². The second-order valence-corrected chi connectivity index (χ2v) is 5.62. The summed E-state index contributed by atoms with van der Waals surface area (Å²) in [5.74, 6) is -0.423. The maximum absolute atomic E-state index is 12.0. The molecular formula is C14H23N5O2. The van der Waals surface area contributed by atoms with Crippen LogP contribution in [0.25, 0.3) is 0 Å². The standard InChI is InChI=1S/C14H23N5O2/c1-10-8-12(19(3)17-10)14(21)15-9-13(20)16-11-4-6-18(2)7-5-11/h8,11H,4-7,9H2,1-3H3,(H,15,21)(H,16,20). The SMILES string of the molecule is Cc1cc(C(=O)NCC(=O)NC2CCN(C)CC2)n(C)n1. The molecule has 0 saturated carbocycles. The second kappa shape index (κ2) is 6.71. The molecule has 0 aromatic carbocycles. The fourth-order valence-electron chi connectivity index (χ4n) is 2.51. The minimum atomic E-state index is -0.281. The van der Waals surface area contributed by atoms with E-state index in [0.717, 1.165) is 31.6 Å². The van der Waals surface area contributed by atoms with E-state index in [2.05, 4.69) is 27.7 Å². The van der Waals surface area contributed by atoms with Gasteiger partial charge in [-0.3, -0.25) is 14.3 Å². The third-order valence-corrected chi connectivity index (χ3v) is 3.73. The first-order chi connectivity index (χ1) is 9.95. The van der Waals surface area contributed by atoms with Gasteiger partial charge in [0.05, 0.1) is 12.2 Å². The Kier molecular flexibility index (Phi) is 4.95. The van der Waals surface area contributed by atoms with Gasteiger partial charge < -0.3 is 15.5 Å². The highest BCUT2D eigenvalue weighted by molar-refractivity contribution is 5.95. The van der Waals surface area contributed by atoms with Crippen molar-refractivity contribution in [1.29, 1.82) is 0 Å². The summed E-state index contributed by atoms with van der Waals surface area (Å²) < 4.78 is 1.51. The molecule has 0 radical (unpaired) electrons. The molecule has 1 aromatic rings. The zero-order valence-electron chi connectivity index (χ0n) is 12.8. The van der Waals surface area contributed by atoms with Crippen molar-refractivity contribution in [2.75, 3.05) is 26.7 Å². The molecule has 1 aliphatic rings. The van der Waals surface area contributed by atoms with Gasteiger partial charge in [0, 0.05) is 13.1 Å². The van der Waals surface area contributed by atoms with E-state index in [9.17, 15) is 9.59 Å². The molecule has 7 heteroatoms.